The van der Waals surface area contributed by atoms with Crippen LogP contribution in [0.5, 0.6) is 11.5 Å². The van der Waals surface area contributed by atoms with Crippen LogP contribution < -0.4 is 10.1 Å². The third-order valence-corrected chi connectivity index (χ3v) is 4.77. The van der Waals surface area contributed by atoms with Gasteiger partial charge in [-0.15, -0.1) is 0 Å². The van der Waals surface area contributed by atoms with Crippen LogP contribution in [0.2, 0.25) is 0 Å². The van der Waals surface area contributed by atoms with Crippen molar-refractivity contribution < 1.29 is 14.6 Å². The number of amides is 1. The summed E-state index contributed by atoms with van der Waals surface area (Å²) in [5.41, 5.74) is 0.898. The number of nitrogens with zero attached hydrogens (tertiary/aromatic N) is 2. The van der Waals surface area contributed by atoms with E-state index in [2.05, 4.69) is 10.2 Å². The highest BCUT2D eigenvalue weighted by atomic mass is 16.5. The van der Waals surface area contributed by atoms with Gasteiger partial charge in [-0.2, -0.15) is 0 Å². The van der Waals surface area contributed by atoms with Crippen LogP contribution in [0.15, 0.2) is 18.2 Å². The summed E-state index contributed by atoms with van der Waals surface area (Å²) in [6.45, 7) is 7.52. The molecule has 24 heavy (non-hydrogen) atoms. The van der Waals surface area contributed by atoms with Gasteiger partial charge >= 0.3 is 0 Å². The minimum atomic E-state index is -0.301. The van der Waals surface area contributed by atoms with E-state index in [1.807, 2.05) is 24.0 Å². The van der Waals surface area contributed by atoms with Crippen LogP contribution in [0, 0.1) is 0 Å². The summed E-state index contributed by atoms with van der Waals surface area (Å²) in [7, 11) is 0. The topological polar surface area (TPSA) is 65.0 Å². The Hall–Kier alpha value is -1.79. The van der Waals surface area contributed by atoms with Crippen molar-refractivity contribution in [2.24, 2.45) is 0 Å². The molecule has 0 aliphatic carbocycles. The number of phenolic OH excluding ortho intramolecular Hbond substituents is 1. The van der Waals surface area contributed by atoms with Gasteiger partial charge in [0, 0.05) is 39.3 Å². The molecule has 2 heterocycles. The molecule has 132 valence electrons. The number of rotatable bonds is 5. The molecule has 6 heteroatoms. The summed E-state index contributed by atoms with van der Waals surface area (Å²) in [6.07, 6.45) is 2.17. The molecule has 2 aliphatic heterocycles. The van der Waals surface area contributed by atoms with Crippen molar-refractivity contribution in [2.75, 3.05) is 45.9 Å². The molecule has 1 amide bonds. The SMILES string of the molecule is CCOc1cc(C(C(=O)N2CCCC2)N2CCNCC2)ccc1O. The van der Waals surface area contributed by atoms with Gasteiger partial charge in [-0.05, 0) is 37.5 Å². The number of ether oxygens (including phenoxy) is 1. The Morgan fingerprint density at radius 1 is 1.25 bits per heavy atom. The lowest BCUT2D eigenvalue weighted by Gasteiger charge is -2.36. The van der Waals surface area contributed by atoms with E-state index in [0.717, 1.165) is 57.7 Å². The third kappa shape index (κ3) is 3.65. The van der Waals surface area contributed by atoms with Crippen molar-refractivity contribution in [2.45, 2.75) is 25.8 Å². The standard InChI is InChI=1S/C18H27N3O3/c1-2-24-16-13-14(5-6-15(16)22)17(20-11-7-19-8-12-20)18(23)21-9-3-4-10-21/h5-6,13,17,19,22H,2-4,7-12H2,1H3. The molecule has 1 aromatic carbocycles. The van der Waals surface area contributed by atoms with Gasteiger partial charge in [0.2, 0.25) is 5.91 Å². The molecule has 0 bridgehead atoms. The number of phenols is 1. The minimum absolute atomic E-state index is 0.119. The molecule has 1 unspecified atom stereocenters. The normalized spacial score (nSPS) is 20.1. The second-order valence-electron chi connectivity index (χ2n) is 6.38. The van der Waals surface area contributed by atoms with Gasteiger partial charge in [-0.25, -0.2) is 0 Å². The zero-order valence-corrected chi connectivity index (χ0v) is 14.3. The van der Waals surface area contributed by atoms with Crippen LogP contribution in [-0.2, 0) is 4.79 Å². The van der Waals surface area contributed by atoms with Gasteiger partial charge in [0.1, 0.15) is 6.04 Å². The van der Waals surface area contributed by atoms with Crippen LogP contribution in [-0.4, -0.2) is 66.7 Å². The van der Waals surface area contributed by atoms with Crippen molar-refractivity contribution in [1.29, 1.82) is 0 Å². The van der Waals surface area contributed by atoms with Gasteiger partial charge in [0.25, 0.3) is 0 Å². The fourth-order valence-electron chi connectivity index (χ4n) is 3.53. The number of benzene rings is 1. The average Bonchev–Trinajstić information content (AvgIpc) is 3.14. The molecular formula is C18H27N3O3. The van der Waals surface area contributed by atoms with E-state index in [-0.39, 0.29) is 17.7 Å². The maximum Gasteiger partial charge on any atom is 0.244 e. The monoisotopic (exact) mass is 333 g/mol. The number of piperazine rings is 1. The van der Waals surface area contributed by atoms with E-state index in [4.69, 9.17) is 4.74 Å². The van der Waals surface area contributed by atoms with Crippen molar-refractivity contribution in [3.63, 3.8) is 0 Å². The predicted octanol–water partition coefficient (Wildman–Crippen LogP) is 1.36. The molecule has 2 N–H and O–H groups in total. The Morgan fingerprint density at radius 2 is 1.96 bits per heavy atom. The molecule has 1 aromatic rings. The summed E-state index contributed by atoms with van der Waals surface area (Å²) >= 11 is 0. The zero-order chi connectivity index (χ0) is 16.9. The molecule has 0 spiro atoms. The van der Waals surface area contributed by atoms with Crippen LogP contribution in [0.25, 0.3) is 0 Å². The molecule has 2 saturated heterocycles. The first kappa shape index (κ1) is 17.0. The number of likely N-dealkylation sites (tertiary alicyclic amines) is 1. The molecular weight excluding hydrogens is 306 g/mol. The molecule has 6 nitrogen and oxygen atoms in total. The van der Waals surface area contributed by atoms with Crippen molar-refractivity contribution in [3.8, 4) is 11.5 Å². The van der Waals surface area contributed by atoms with Gasteiger partial charge in [0.15, 0.2) is 11.5 Å². The maximum atomic E-state index is 13.2. The molecule has 1 atom stereocenters. The number of hydrogen-bond donors (Lipinski definition) is 2. The Labute approximate surface area is 143 Å². The fourth-order valence-corrected chi connectivity index (χ4v) is 3.53. The van der Waals surface area contributed by atoms with Crippen LogP contribution in [0.1, 0.15) is 31.4 Å². The zero-order valence-electron chi connectivity index (χ0n) is 14.3. The van der Waals surface area contributed by atoms with Crippen molar-refractivity contribution in [3.05, 3.63) is 23.8 Å². The summed E-state index contributed by atoms with van der Waals surface area (Å²) in [5, 5.41) is 13.3. The lowest BCUT2D eigenvalue weighted by Crippen LogP contribution is -2.49. The van der Waals surface area contributed by atoms with Crippen LogP contribution in [0.3, 0.4) is 0 Å². The second-order valence-corrected chi connectivity index (χ2v) is 6.38. The van der Waals surface area contributed by atoms with Crippen molar-refractivity contribution >= 4 is 5.91 Å². The Morgan fingerprint density at radius 3 is 2.62 bits per heavy atom. The first-order valence-electron chi connectivity index (χ1n) is 8.90. The summed E-state index contributed by atoms with van der Waals surface area (Å²) in [6, 6.07) is 5.00. The number of carbonyl (C=O) groups excluding carboxylic acids is 1. The highest BCUT2D eigenvalue weighted by molar-refractivity contribution is 5.84. The first-order chi connectivity index (χ1) is 11.7. The second kappa shape index (κ2) is 7.85. The maximum absolute atomic E-state index is 13.2. The molecule has 0 saturated carbocycles. The lowest BCUT2D eigenvalue weighted by atomic mass is 10.0. The van der Waals surface area contributed by atoms with Crippen molar-refractivity contribution in [1.82, 2.24) is 15.1 Å². The van der Waals surface area contributed by atoms with E-state index < -0.39 is 0 Å². The largest absolute Gasteiger partial charge is 0.504 e. The number of hydrogen-bond acceptors (Lipinski definition) is 5. The van der Waals surface area contributed by atoms with E-state index in [1.165, 1.54) is 0 Å². The average molecular weight is 333 g/mol. The van der Waals surface area contributed by atoms with E-state index >= 15 is 0 Å². The molecule has 0 radical (unpaired) electrons. The first-order valence-corrected chi connectivity index (χ1v) is 8.90. The highest BCUT2D eigenvalue weighted by Crippen LogP contribution is 2.33. The Bertz CT molecular complexity index is 567. The summed E-state index contributed by atoms with van der Waals surface area (Å²) in [5.74, 6) is 0.736. The van der Waals surface area contributed by atoms with Gasteiger partial charge in [-0.1, -0.05) is 6.07 Å². The van der Waals surface area contributed by atoms with E-state index in [0.29, 0.717) is 12.4 Å². The summed E-state index contributed by atoms with van der Waals surface area (Å²) < 4.78 is 5.51. The smallest absolute Gasteiger partial charge is 0.244 e. The van der Waals surface area contributed by atoms with E-state index in [1.54, 1.807) is 6.07 Å². The van der Waals surface area contributed by atoms with Crippen LogP contribution in [0.4, 0.5) is 0 Å². The van der Waals surface area contributed by atoms with Gasteiger partial charge < -0.3 is 20.1 Å². The van der Waals surface area contributed by atoms with E-state index in [9.17, 15) is 9.90 Å². The molecule has 0 aromatic heterocycles. The lowest BCUT2D eigenvalue weighted by molar-refractivity contribution is -0.136. The Balaban J connectivity index is 1.90. The van der Waals surface area contributed by atoms with Gasteiger partial charge in [0.05, 0.1) is 6.61 Å². The predicted molar refractivity (Wildman–Crippen MR) is 92.3 cm³/mol. The number of nitrogens with one attached hydrogen (secondary N) is 1. The molecule has 2 fully saturated rings. The van der Waals surface area contributed by atoms with Crippen LogP contribution >= 0.6 is 0 Å². The fraction of sp³-hybridized carbons (Fsp3) is 0.611. The quantitative estimate of drug-likeness (QED) is 0.852. The van der Waals surface area contributed by atoms with Gasteiger partial charge in [-0.3, -0.25) is 9.69 Å². The minimum Gasteiger partial charge on any atom is -0.504 e. The highest BCUT2D eigenvalue weighted by Gasteiger charge is 2.33. The molecule has 2 aliphatic rings. The number of aromatic hydroxyl groups is 1. The third-order valence-electron chi connectivity index (χ3n) is 4.77. The summed E-state index contributed by atoms with van der Waals surface area (Å²) in [4.78, 5) is 17.4. The molecule has 3 rings (SSSR count). The number of carbonyl (C=O) groups is 1. The Kier molecular flexibility index (Phi) is 5.58.